The number of imidazole rings is 4. The van der Waals surface area contributed by atoms with E-state index < -0.39 is 19.5 Å². The SMILES string of the molecule is Nc1ncc[n]1[Sn]([n]1ccnc1N)([n]1ccnc1N)[n]1ccnc1N. The molecule has 0 aliphatic carbocycles. The number of hydrogen-bond acceptors (Lipinski definition) is 8. The van der Waals surface area contributed by atoms with Crippen molar-refractivity contribution in [2.75, 3.05) is 22.9 Å². The summed E-state index contributed by atoms with van der Waals surface area (Å²) in [7, 11) is 0. The van der Waals surface area contributed by atoms with E-state index in [1.807, 2.05) is 11.2 Å². The van der Waals surface area contributed by atoms with Crippen LogP contribution in [0.5, 0.6) is 0 Å². The van der Waals surface area contributed by atoms with Crippen molar-refractivity contribution in [3.05, 3.63) is 49.6 Å². The van der Waals surface area contributed by atoms with Gasteiger partial charge in [0.1, 0.15) is 0 Å². The standard InChI is InChI=1S/4C3H4N3.Sn/c4*4-3-5-1-2-6-3;/h4*1-2H,(H2-,4,5,6);/q4*-1;+4. The number of nitrogens with two attached hydrogens (primary N) is 4. The molecule has 0 saturated heterocycles. The Hall–Kier alpha value is -3.16. The molecule has 128 valence electrons. The molecule has 0 bridgehead atoms. The van der Waals surface area contributed by atoms with Crippen LogP contribution in [0.2, 0.25) is 0 Å². The Kier molecular flexibility index (Phi) is 3.34. The zero-order chi connectivity index (χ0) is 17.6. The van der Waals surface area contributed by atoms with Crippen LogP contribution in [-0.4, -0.2) is 50.6 Å². The number of anilines is 4. The molecule has 0 spiro atoms. The van der Waals surface area contributed by atoms with Crippen molar-refractivity contribution in [3.8, 4) is 0 Å². The summed E-state index contributed by atoms with van der Waals surface area (Å²) in [6.45, 7) is 0. The number of nitrogen functional groups attached to an aromatic ring is 4. The Labute approximate surface area is 147 Å². The predicted octanol–water partition coefficient (Wildman–Crippen LogP) is -1.27. The van der Waals surface area contributed by atoms with Crippen LogP contribution < -0.4 is 22.9 Å². The fraction of sp³-hybridized carbons (Fsp3) is 0. The molecule has 4 rings (SSSR count). The third kappa shape index (κ3) is 2.00. The van der Waals surface area contributed by atoms with Crippen LogP contribution in [0.3, 0.4) is 0 Å². The molecular weight excluding hydrogens is 431 g/mol. The summed E-state index contributed by atoms with van der Waals surface area (Å²) >= 11 is -4.39. The van der Waals surface area contributed by atoms with E-state index in [2.05, 4.69) is 19.9 Å². The fourth-order valence-corrected chi connectivity index (χ4v) is 14.2. The van der Waals surface area contributed by atoms with Gasteiger partial charge in [-0.25, -0.2) is 0 Å². The van der Waals surface area contributed by atoms with Gasteiger partial charge < -0.3 is 0 Å². The Bertz CT molecular complexity index is 856. The van der Waals surface area contributed by atoms with Crippen molar-refractivity contribution in [1.29, 1.82) is 0 Å². The first-order chi connectivity index (χ1) is 12.1. The number of nitrogens with zero attached hydrogens (tertiary/aromatic N) is 8. The van der Waals surface area contributed by atoms with Gasteiger partial charge in [-0.2, -0.15) is 0 Å². The van der Waals surface area contributed by atoms with Crippen LogP contribution in [0.25, 0.3) is 0 Å². The third-order valence-corrected chi connectivity index (χ3v) is 15.7. The van der Waals surface area contributed by atoms with Crippen molar-refractivity contribution in [2.24, 2.45) is 0 Å². The first-order valence-electron chi connectivity index (χ1n) is 7.24. The third-order valence-electron chi connectivity index (χ3n) is 3.97. The maximum atomic E-state index is 6.18. The van der Waals surface area contributed by atoms with Crippen LogP contribution >= 0.6 is 0 Å². The van der Waals surface area contributed by atoms with E-state index in [0.717, 1.165) is 0 Å². The Morgan fingerprint density at radius 1 is 0.520 bits per heavy atom. The molecule has 4 aromatic rings. The van der Waals surface area contributed by atoms with Crippen LogP contribution in [0.4, 0.5) is 23.8 Å². The zero-order valence-corrected chi connectivity index (χ0v) is 15.9. The van der Waals surface area contributed by atoms with E-state index >= 15 is 0 Å². The van der Waals surface area contributed by atoms with Crippen LogP contribution in [-0.2, 0) is 0 Å². The molecule has 8 N–H and O–H groups in total. The first-order valence-corrected chi connectivity index (χ1v) is 12.3. The van der Waals surface area contributed by atoms with Crippen molar-refractivity contribution in [2.45, 2.75) is 0 Å². The maximum absolute atomic E-state index is 6.18. The molecule has 13 heteroatoms. The summed E-state index contributed by atoms with van der Waals surface area (Å²) in [4.78, 5) is 16.7. The van der Waals surface area contributed by atoms with Gasteiger partial charge in [-0.15, -0.1) is 0 Å². The van der Waals surface area contributed by atoms with E-state index in [0.29, 0.717) is 23.8 Å². The normalized spacial score (nSPS) is 11.8. The van der Waals surface area contributed by atoms with Crippen LogP contribution in [0.1, 0.15) is 0 Å². The van der Waals surface area contributed by atoms with E-state index in [4.69, 9.17) is 22.9 Å². The Balaban J connectivity index is 2.21. The molecule has 0 radical (unpaired) electrons. The predicted molar refractivity (Wildman–Crippen MR) is 93.9 cm³/mol. The molecule has 0 saturated carbocycles. The van der Waals surface area contributed by atoms with Gasteiger partial charge in [0.25, 0.3) is 0 Å². The van der Waals surface area contributed by atoms with Crippen LogP contribution in [0.15, 0.2) is 49.6 Å². The summed E-state index contributed by atoms with van der Waals surface area (Å²) in [5.41, 5.74) is 24.7. The van der Waals surface area contributed by atoms with Gasteiger partial charge in [0.05, 0.1) is 0 Å². The quantitative estimate of drug-likeness (QED) is 0.280. The molecule has 0 atom stereocenters. The summed E-state index contributed by atoms with van der Waals surface area (Å²) in [6, 6.07) is 0. The molecule has 4 heterocycles. The van der Waals surface area contributed by atoms with Crippen molar-refractivity contribution in [1.82, 2.24) is 31.1 Å². The molecule has 0 aliphatic heterocycles. The van der Waals surface area contributed by atoms with Gasteiger partial charge in [-0.05, 0) is 0 Å². The van der Waals surface area contributed by atoms with Gasteiger partial charge in [0, 0.05) is 0 Å². The molecule has 25 heavy (non-hydrogen) atoms. The molecule has 0 amide bonds. The molecular formula is C12H16N12Sn. The van der Waals surface area contributed by atoms with Gasteiger partial charge in [0.15, 0.2) is 0 Å². The van der Waals surface area contributed by atoms with Crippen molar-refractivity contribution < 1.29 is 0 Å². The average molecular weight is 447 g/mol. The minimum atomic E-state index is -4.39. The van der Waals surface area contributed by atoms with E-state index in [1.54, 1.807) is 49.6 Å². The molecule has 0 fully saturated rings. The average Bonchev–Trinajstić information content (AvgIpc) is 3.35. The van der Waals surface area contributed by atoms with Crippen LogP contribution in [0, 0.1) is 0 Å². The second-order valence-corrected chi connectivity index (χ2v) is 14.1. The minimum absolute atomic E-state index is 0.296. The monoisotopic (exact) mass is 448 g/mol. The summed E-state index contributed by atoms with van der Waals surface area (Å²) in [5.74, 6) is 1.19. The van der Waals surface area contributed by atoms with E-state index in [1.165, 1.54) is 0 Å². The molecule has 0 aromatic carbocycles. The topological polar surface area (TPSA) is 175 Å². The van der Waals surface area contributed by atoms with Gasteiger partial charge in [-0.3, -0.25) is 0 Å². The van der Waals surface area contributed by atoms with Gasteiger partial charge >= 0.3 is 147 Å². The summed E-state index contributed by atoms with van der Waals surface area (Å²) in [5, 5.41) is 0. The molecule has 0 unspecified atom stereocenters. The van der Waals surface area contributed by atoms with E-state index in [9.17, 15) is 0 Å². The second-order valence-electron chi connectivity index (χ2n) is 5.22. The second kappa shape index (κ2) is 5.44. The fourth-order valence-electron chi connectivity index (χ4n) is 2.97. The van der Waals surface area contributed by atoms with E-state index in [-0.39, 0.29) is 0 Å². The van der Waals surface area contributed by atoms with Gasteiger partial charge in [0.2, 0.25) is 0 Å². The first kappa shape index (κ1) is 15.4. The zero-order valence-electron chi connectivity index (χ0n) is 13.0. The Morgan fingerprint density at radius 2 is 0.760 bits per heavy atom. The summed E-state index contributed by atoms with van der Waals surface area (Å²) < 4.78 is 7.40. The molecule has 4 aromatic heterocycles. The van der Waals surface area contributed by atoms with Crippen molar-refractivity contribution >= 4 is 43.3 Å². The molecule has 12 nitrogen and oxygen atoms in total. The number of aromatic nitrogens is 8. The number of hydrogen-bond donors (Lipinski definition) is 4. The van der Waals surface area contributed by atoms with Crippen molar-refractivity contribution in [3.63, 3.8) is 0 Å². The number of rotatable bonds is 4. The summed E-state index contributed by atoms with van der Waals surface area (Å²) in [6.07, 6.45) is 13.5. The Morgan fingerprint density at radius 3 is 0.920 bits per heavy atom. The molecule has 0 aliphatic rings. The van der Waals surface area contributed by atoms with Gasteiger partial charge in [-0.1, -0.05) is 0 Å².